The SMILES string of the molecule is COC(=O)c1occc1CNC(C)C(C)(C)C. The number of carbonyl (C=O) groups is 1. The number of ether oxygens (including phenoxy) is 1. The second kappa shape index (κ2) is 5.36. The molecule has 0 saturated carbocycles. The highest BCUT2D eigenvalue weighted by atomic mass is 16.5. The van der Waals surface area contributed by atoms with Crippen molar-refractivity contribution in [3.05, 3.63) is 23.7 Å². The molecule has 1 aromatic rings. The molecule has 1 N–H and O–H groups in total. The van der Waals surface area contributed by atoms with E-state index in [9.17, 15) is 4.79 Å². The molecular weight excluding hydrogens is 218 g/mol. The second-order valence-corrected chi connectivity index (χ2v) is 5.24. The summed E-state index contributed by atoms with van der Waals surface area (Å²) < 4.78 is 9.77. The smallest absolute Gasteiger partial charge is 0.374 e. The van der Waals surface area contributed by atoms with Gasteiger partial charge in [0.15, 0.2) is 0 Å². The Balaban J connectivity index is 2.64. The summed E-state index contributed by atoms with van der Waals surface area (Å²) in [5, 5.41) is 3.38. The fourth-order valence-electron chi connectivity index (χ4n) is 1.32. The Bertz CT molecular complexity index is 376. The summed E-state index contributed by atoms with van der Waals surface area (Å²) in [7, 11) is 1.35. The average Bonchev–Trinajstić information content (AvgIpc) is 2.71. The summed E-state index contributed by atoms with van der Waals surface area (Å²) >= 11 is 0. The third kappa shape index (κ3) is 3.60. The van der Waals surface area contributed by atoms with Crippen molar-refractivity contribution < 1.29 is 13.9 Å². The molecule has 1 aromatic heterocycles. The minimum absolute atomic E-state index is 0.176. The minimum Gasteiger partial charge on any atom is -0.463 e. The van der Waals surface area contributed by atoms with Crippen molar-refractivity contribution in [3.8, 4) is 0 Å². The molecule has 0 radical (unpaired) electrons. The van der Waals surface area contributed by atoms with E-state index in [1.165, 1.54) is 13.4 Å². The zero-order valence-corrected chi connectivity index (χ0v) is 11.2. The largest absolute Gasteiger partial charge is 0.463 e. The van der Waals surface area contributed by atoms with Crippen molar-refractivity contribution >= 4 is 5.97 Å². The predicted molar refractivity (Wildman–Crippen MR) is 65.8 cm³/mol. The fraction of sp³-hybridized carbons (Fsp3) is 0.615. The van der Waals surface area contributed by atoms with Crippen LogP contribution in [0.1, 0.15) is 43.8 Å². The number of furan rings is 1. The number of hydrogen-bond acceptors (Lipinski definition) is 4. The van der Waals surface area contributed by atoms with E-state index < -0.39 is 5.97 Å². The van der Waals surface area contributed by atoms with Crippen LogP contribution in [0.3, 0.4) is 0 Å². The predicted octanol–water partition coefficient (Wildman–Crippen LogP) is 2.59. The van der Waals surface area contributed by atoms with Crippen molar-refractivity contribution in [2.75, 3.05) is 7.11 Å². The highest BCUT2D eigenvalue weighted by Gasteiger charge is 2.21. The Hall–Kier alpha value is -1.29. The van der Waals surface area contributed by atoms with E-state index in [2.05, 4.69) is 37.7 Å². The highest BCUT2D eigenvalue weighted by molar-refractivity contribution is 5.87. The van der Waals surface area contributed by atoms with Crippen molar-refractivity contribution in [2.24, 2.45) is 5.41 Å². The Labute approximate surface area is 102 Å². The number of methoxy groups -OCH3 is 1. The Morgan fingerprint density at radius 1 is 1.53 bits per heavy atom. The standard InChI is InChI=1S/C13H21NO3/c1-9(13(2,3)4)14-8-10-6-7-17-11(10)12(15)16-5/h6-7,9,14H,8H2,1-5H3. The van der Waals surface area contributed by atoms with Gasteiger partial charge in [-0.05, 0) is 18.4 Å². The molecule has 17 heavy (non-hydrogen) atoms. The van der Waals surface area contributed by atoms with Gasteiger partial charge in [-0.3, -0.25) is 0 Å². The molecule has 0 aliphatic carbocycles. The van der Waals surface area contributed by atoms with Gasteiger partial charge in [0.1, 0.15) is 0 Å². The van der Waals surface area contributed by atoms with Gasteiger partial charge in [0.05, 0.1) is 13.4 Å². The van der Waals surface area contributed by atoms with Crippen LogP contribution in [-0.4, -0.2) is 19.1 Å². The number of esters is 1. The lowest BCUT2D eigenvalue weighted by molar-refractivity contribution is 0.0563. The summed E-state index contributed by atoms with van der Waals surface area (Å²) in [6.07, 6.45) is 1.50. The molecule has 1 atom stereocenters. The first-order valence-corrected chi connectivity index (χ1v) is 5.74. The van der Waals surface area contributed by atoms with Crippen molar-refractivity contribution in [2.45, 2.75) is 40.3 Å². The van der Waals surface area contributed by atoms with Crippen LogP contribution in [0.15, 0.2) is 16.7 Å². The number of rotatable bonds is 4. The van der Waals surface area contributed by atoms with Gasteiger partial charge in [-0.25, -0.2) is 4.79 Å². The maximum Gasteiger partial charge on any atom is 0.374 e. The van der Waals surface area contributed by atoms with Gasteiger partial charge in [0.2, 0.25) is 5.76 Å². The molecule has 0 bridgehead atoms. The lowest BCUT2D eigenvalue weighted by Crippen LogP contribution is -2.37. The average molecular weight is 239 g/mol. The molecule has 96 valence electrons. The van der Waals surface area contributed by atoms with Crippen LogP contribution < -0.4 is 5.32 Å². The van der Waals surface area contributed by atoms with Gasteiger partial charge in [-0.1, -0.05) is 20.8 Å². The number of carbonyl (C=O) groups excluding carboxylic acids is 1. The van der Waals surface area contributed by atoms with Gasteiger partial charge in [0.25, 0.3) is 0 Å². The summed E-state index contributed by atoms with van der Waals surface area (Å²) in [6.45, 7) is 9.22. The molecule has 0 fully saturated rings. The van der Waals surface area contributed by atoms with Crippen LogP contribution >= 0.6 is 0 Å². The molecule has 1 heterocycles. The lowest BCUT2D eigenvalue weighted by Gasteiger charge is -2.28. The zero-order valence-electron chi connectivity index (χ0n) is 11.2. The lowest BCUT2D eigenvalue weighted by atomic mass is 9.88. The third-order valence-electron chi connectivity index (χ3n) is 3.02. The van der Waals surface area contributed by atoms with E-state index in [0.717, 1.165) is 5.56 Å². The monoisotopic (exact) mass is 239 g/mol. The molecule has 0 aliphatic heterocycles. The quantitative estimate of drug-likeness (QED) is 0.820. The van der Waals surface area contributed by atoms with E-state index >= 15 is 0 Å². The molecule has 0 aliphatic rings. The van der Waals surface area contributed by atoms with Gasteiger partial charge in [0, 0.05) is 18.2 Å². The Morgan fingerprint density at radius 2 is 2.18 bits per heavy atom. The molecular formula is C13H21NO3. The summed E-state index contributed by atoms with van der Waals surface area (Å²) in [5.74, 6) is -0.156. The van der Waals surface area contributed by atoms with Gasteiger partial charge >= 0.3 is 5.97 Å². The van der Waals surface area contributed by atoms with Crippen LogP contribution in [0, 0.1) is 5.41 Å². The zero-order chi connectivity index (χ0) is 13.1. The van der Waals surface area contributed by atoms with Crippen molar-refractivity contribution in [1.82, 2.24) is 5.32 Å². The molecule has 4 heteroatoms. The van der Waals surface area contributed by atoms with E-state index in [0.29, 0.717) is 12.6 Å². The molecule has 1 rings (SSSR count). The van der Waals surface area contributed by atoms with E-state index in [4.69, 9.17) is 4.42 Å². The molecule has 0 amide bonds. The van der Waals surface area contributed by atoms with Gasteiger partial charge in [-0.2, -0.15) is 0 Å². The van der Waals surface area contributed by atoms with Crippen LogP contribution in [0.5, 0.6) is 0 Å². The Kier molecular flexibility index (Phi) is 4.34. The maximum atomic E-state index is 11.4. The van der Waals surface area contributed by atoms with Crippen LogP contribution in [-0.2, 0) is 11.3 Å². The molecule has 4 nitrogen and oxygen atoms in total. The van der Waals surface area contributed by atoms with Gasteiger partial charge in [-0.15, -0.1) is 0 Å². The van der Waals surface area contributed by atoms with Crippen LogP contribution in [0.2, 0.25) is 0 Å². The van der Waals surface area contributed by atoms with E-state index in [-0.39, 0.29) is 11.2 Å². The first-order chi connectivity index (χ1) is 7.86. The topological polar surface area (TPSA) is 51.5 Å². The molecule has 0 saturated heterocycles. The summed E-state index contributed by atoms with van der Waals surface area (Å²) in [4.78, 5) is 11.4. The molecule has 1 unspecified atom stereocenters. The maximum absolute atomic E-state index is 11.4. The Morgan fingerprint density at radius 3 is 2.71 bits per heavy atom. The van der Waals surface area contributed by atoms with Crippen LogP contribution in [0.4, 0.5) is 0 Å². The number of hydrogen-bond donors (Lipinski definition) is 1. The van der Waals surface area contributed by atoms with E-state index in [1.807, 2.05) is 0 Å². The fourth-order valence-corrected chi connectivity index (χ4v) is 1.32. The number of nitrogens with one attached hydrogen (secondary N) is 1. The molecule has 0 spiro atoms. The summed E-state index contributed by atoms with van der Waals surface area (Å²) in [6, 6.07) is 2.12. The molecule has 0 aromatic carbocycles. The van der Waals surface area contributed by atoms with E-state index in [1.54, 1.807) is 6.07 Å². The van der Waals surface area contributed by atoms with Crippen molar-refractivity contribution in [3.63, 3.8) is 0 Å². The van der Waals surface area contributed by atoms with Crippen LogP contribution in [0.25, 0.3) is 0 Å². The second-order valence-electron chi connectivity index (χ2n) is 5.24. The van der Waals surface area contributed by atoms with Crippen molar-refractivity contribution in [1.29, 1.82) is 0 Å². The highest BCUT2D eigenvalue weighted by Crippen LogP contribution is 2.19. The minimum atomic E-state index is -0.435. The summed E-state index contributed by atoms with van der Waals surface area (Å²) in [5.41, 5.74) is 1.00. The van der Waals surface area contributed by atoms with Gasteiger partial charge < -0.3 is 14.5 Å². The first kappa shape index (κ1) is 13.8. The normalized spacial score (nSPS) is 13.5. The third-order valence-corrected chi connectivity index (χ3v) is 3.02. The first-order valence-electron chi connectivity index (χ1n) is 5.74.